The average Bonchev–Trinajstić information content (AvgIpc) is 3.16. The highest BCUT2D eigenvalue weighted by Gasteiger charge is 2.18. The Morgan fingerprint density at radius 2 is 0.698 bits per heavy atom. The molecule has 0 aliphatic rings. The monoisotopic (exact) mass is 748 g/mol. The molecule has 0 rings (SSSR count). The Balaban J connectivity index is 3.39. The Hall–Kier alpha value is -0.870. The summed E-state index contributed by atoms with van der Waals surface area (Å²) in [6.07, 6.45) is 57.9. The second-order valence-corrected chi connectivity index (χ2v) is 16.9. The number of aliphatic hydroxyl groups is 2. The lowest BCUT2D eigenvalue weighted by Crippen LogP contribution is -2.45. The average molecular weight is 748 g/mol. The smallest absolute Gasteiger partial charge is 0.220 e. The highest BCUT2D eigenvalue weighted by Crippen LogP contribution is 2.17. The minimum Gasteiger partial charge on any atom is -0.394 e. The van der Waals surface area contributed by atoms with Gasteiger partial charge in [-0.2, -0.15) is 0 Å². The van der Waals surface area contributed by atoms with Crippen molar-refractivity contribution in [3.63, 3.8) is 0 Å². The molecule has 0 aliphatic carbocycles. The van der Waals surface area contributed by atoms with Crippen molar-refractivity contribution >= 4 is 5.91 Å². The van der Waals surface area contributed by atoms with Crippen molar-refractivity contribution in [3.8, 4) is 0 Å². The topological polar surface area (TPSA) is 69.6 Å². The van der Waals surface area contributed by atoms with E-state index < -0.39 is 12.1 Å². The van der Waals surface area contributed by atoms with Crippen LogP contribution in [0.25, 0.3) is 0 Å². The SMILES string of the molecule is CCCCCCCCCCC/C=C/[C@@H](O)[C@H](CO)NC(=O)CCCCCCCCCCCCCCCCCCCCCCCCCCCCCCCC. The maximum absolute atomic E-state index is 12.4. The minimum absolute atomic E-state index is 0.0596. The van der Waals surface area contributed by atoms with Crippen LogP contribution in [-0.4, -0.2) is 34.9 Å². The minimum atomic E-state index is -0.832. The van der Waals surface area contributed by atoms with Crippen molar-refractivity contribution < 1.29 is 15.0 Å². The van der Waals surface area contributed by atoms with Crippen molar-refractivity contribution in [1.29, 1.82) is 0 Å². The number of aliphatic hydroxyl groups excluding tert-OH is 2. The van der Waals surface area contributed by atoms with Crippen LogP contribution in [0.4, 0.5) is 0 Å². The van der Waals surface area contributed by atoms with Gasteiger partial charge in [-0.3, -0.25) is 4.79 Å². The molecule has 0 aromatic rings. The third-order valence-corrected chi connectivity index (χ3v) is 11.5. The fourth-order valence-corrected chi connectivity index (χ4v) is 7.77. The van der Waals surface area contributed by atoms with E-state index in [-0.39, 0.29) is 12.5 Å². The van der Waals surface area contributed by atoms with E-state index >= 15 is 0 Å². The van der Waals surface area contributed by atoms with Crippen LogP contribution in [0, 0.1) is 0 Å². The van der Waals surface area contributed by atoms with E-state index in [1.54, 1.807) is 6.08 Å². The van der Waals surface area contributed by atoms with E-state index in [0.29, 0.717) is 6.42 Å². The first-order valence-corrected chi connectivity index (χ1v) is 24.4. The molecule has 0 aliphatic heterocycles. The Bertz CT molecular complexity index is 725. The molecule has 4 nitrogen and oxygen atoms in total. The number of carbonyl (C=O) groups is 1. The molecule has 0 radical (unpaired) electrons. The highest BCUT2D eigenvalue weighted by atomic mass is 16.3. The number of hydrogen-bond donors (Lipinski definition) is 3. The summed E-state index contributed by atoms with van der Waals surface area (Å²) in [6.45, 7) is 4.32. The molecule has 0 bridgehead atoms. The third kappa shape index (κ3) is 42.1. The molecule has 0 saturated carbocycles. The number of rotatable bonds is 45. The Labute approximate surface area is 333 Å². The van der Waals surface area contributed by atoms with Gasteiger partial charge in [0.05, 0.1) is 18.8 Å². The highest BCUT2D eigenvalue weighted by molar-refractivity contribution is 5.76. The van der Waals surface area contributed by atoms with Crippen molar-refractivity contribution in [1.82, 2.24) is 5.32 Å². The maximum Gasteiger partial charge on any atom is 0.220 e. The lowest BCUT2D eigenvalue weighted by molar-refractivity contribution is -0.123. The zero-order valence-electron chi connectivity index (χ0n) is 36.3. The predicted molar refractivity (Wildman–Crippen MR) is 235 cm³/mol. The second-order valence-electron chi connectivity index (χ2n) is 16.9. The first kappa shape index (κ1) is 52.1. The Morgan fingerprint density at radius 3 is 0.981 bits per heavy atom. The molecule has 0 spiro atoms. The van der Waals surface area contributed by atoms with E-state index in [1.807, 2.05) is 6.08 Å². The summed E-state index contributed by atoms with van der Waals surface area (Å²) in [5, 5.41) is 23.0. The van der Waals surface area contributed by atoms with Crippen molar-refractivity contribution in [3.05, 3.63) is 12.2 Å². The quantitative estimate of drug-likeness (QED) is 0.0429. The summed E-state index contributed by atoms with van der Waals surface area (Å²) in [4.78, 5) is 12.4. The molecule has 1 amide bonds. The van der Waals surface area contributed by atoms with Crippen molar-refractivity contribution in [2.75, 3.05) is 6.61 Å². The number of carbonyl (C=O) groups excluding carboxylic acids is 1. The first-order valence-electron chi connectivity index (χ1n) is 24.4. The largest absolute Gasteiger partial charge is 0.394 e. The summed E-state index contributed by atoms with van der Waals surface area (Å²) >= 11 is 0. The molecular formula is C49H97NO3. The summed E-state index contributed by atoms with van der Waals surface area (Å²) < 4.78 is 0. The van der Waals surface area contributed by atoms with Gasteiger partial charge < -0.3 is 15.5 Å². The van der Waals surface area contributed by atoms with Gasteiger partial charge in [-0.25, -0.2) is 0 Å². The lowest BCUT2D eigenvalue weighted by atomic mass is 10.0. The molecule has 0 aromatic heterocycles. The standard InChI is InChI=1S/C49H97NO3/c1-3-5-7-9-11-13-15-16-17-18-19-20-21-22-23-24-25-26-27-28-29-30-31-32-33-35-37-39-41-43-45-49(53)50-47(46-51)48(52)44-42-40-38-36-34-14-12-10-8-6-4-2/h42,44,47-48,51-52H,3-41,43,45-46H2,1-2H3,(H,50,53)/b44-42+/t47-,48+/m0/s1. The van der Waals surface area contributed by atoms with Crippen LogP contribution in [0.5, 0.6) is 0 Å². The molecule has 0 saturated heterocycles. The summed E-state index contributed by atoms with van der Waals surface area (Å²) in [7, 11) is 0. The van der Waals surface area contributed by atoms with Crippen LogP contribution >= 0.6 is 0 Å². The molecule has 3 N–H and O–H groups in total. The van der Waals surface area contributed by atoms with Gasteiger partial charge in [0.25, 0.3) is 0 Å². The summed E-state index contributed by atoms with van der Waals surface area (Å²) in [6, 6.07) is -0.615. The van der Waals surface area contributed by atoms with Crippen LogP contribution in [0.15, 0.2) is 12.2 Å². The van der Waals surface area contributed by atoms with Crippen LogP contribution in [0.2, 0.25) is 0 Å². The van der Waals surface area contributed by atoms with E-state index in [4.69, 9.17) is 0 Å². The lowest BCUT2D eigenvalue weighted by Gasteiger charge is -2.20. The van der Waals surface area contributed by atoms with E-state index in [9.17, 15) is 15.0 Å². The van der Waals surface area contributed by atoms with Gasteiger partial charge in [-0.15, -0.1) is 0 Å². The van der Waals surface area contributed by atoms with Gasteiger partial charge in [-0.1, -0.05) is 264 Å². The number of amides is 1. The molecule has 0 aromatic carbocycles. The third-order valence-electron chi connectivity index (χ3n) is 11.5. The van der Waals surface area contributed by atoms with Gasteiger partial charge in [-0.05, 0) is 19.3 Å². The van der Waals surface area contributed by atoms with Gasteiger partial charge in [0.15, 0.2) is 0 Å². The summed E-state index contributed by atoms with van der Waals surface area (Å²) in [5.74, 6) is -0.0596. The van der Waals surface area contributed by atoms with Gasteiger partial charge >= 0.3 is 0 Å². The van der Waals surface area contributed by atoms with E-state index in [2.05, 4.69) is 19.2 Å². The van der Waals surface area contributed by atoms with Crippen LogP contribution in [0.3, 0.4) is 0 Å². The van der Waals surface area contributed by atoms with Crippen LogP contribution < -0.4 is 5.32 Å². The van der Waals surface area contributed by atoms with E-state index in [1.165, 1.54) is 231 Å². The number of hydrogen-bond acceptors (Lipinski definition) is 3. The Morgan fingerprint density at radius 1 is 0.434 bits per heavy atom. The van der Waals surface area contributed by atoms with Gasteiger partial charge in [0, 0.05) is 6.42 Å². The molecule has 316 valence electrons. The molecule has 4 heteroatoms. The van der Waals surface area contributed by atoms with Gasteiger partial charge in [0.1, 0.15) is 0 Å². The normalized spacial score (nSPS) is 12.9. The van der Waals surface area contributed by atoms with Crippen molar-refractivity contribution in [2.45, 2.75) is 289 Å². The number of nitrogens with one attached hydrogen (secondary N) is 1. The molecule has 0 heterocycles. The fraction of sp³-hybridized carbons (Fsp3) is 0.939. The fourth-order valence-electron chi connectivity index (χ4n) is 7.77. The summed E-state index contributed by atoms with van der Waals surface area (Å²) in [5.41, 5.74) is 0. The molecule has 0 unspecified atom stereocenters. The molecular weight excluding hydrogens is 651 g/mol. The molecule has 2 atom stereocenters. The molecule has 53 heavy (non-hydrogen) atoms. The van der Waals surface area contributed by atoms with Crippen molar-refractivity contribution in [2.24, 2.45) is 0 Å². The first-order chi connectivity index (χ1) is 26.2. The zero-order valence-corrected chi connectivity index (χ0v) is 36.3. The second kappa shape index (κ2) is 45.5. The number of unbranched alkanes of at least 4 members (excludes halogenated alkanes) is 38. The molecule has 0 fully saturated rings. The van der Waals surface area contributed by atoms with Gasteiger partial charge in [0.2, 0.25) is 5.91 Å². The number of allylic oxidation sites excluding steroid dienone is 1. The maximum atomic E-state index is 12.4. The van der Waals surface area contributed by atoms with Crippen LogP contribution in [-0.2, 0) is 4.79 Å². The van der Waals surface area contributed by atoms with E-state index in [0.717, 1.165) is 25.7 Å². The zero-order chi connectivity index (χ0) is 38.6. The Kier molecular flexibility index (Phi) is 44.8. The van der Waals surface area contributed by atoms with Crippen LogP contribution in [0.1, 0.15) is 277 Å². The predicted octanol–water partition coefficient (Wildman–Crippen LogP) is 15.4.